The zero-order valence-corrected chi connectivity index (χ0v) is 10.4. The second-order valence-electron chi connectivity index (χ2n) is 4.67. The molecule has 2 heterocycles. The van der Waals surface area contributed by atoms with Gasteiger partial charge in [0.05, 0.1) is 0 Å². The van der Waals surface area contributed by atoms with Crippen molar-refractivity contribution < 1.29 is 4.79 Å². The molecule has 0 unspecified atom stereocenters. The third kappa shape index (κ3) is 2.82. The van der Waals surface area contributed by atoms with E-state index in [0.717, 1.165) is 26.2 Å². The highest BCUT2D eigenvalue weighted by Crippen LogP contribution is 2.15. The number of piperazine rings is 1. The van der Waals surface area contributed by atoms with Crippen molar-refractivity contribution in [2.45, 2.75) is 19.8 Å². The fourth-order valence-corrected chi connectivity index (χ4v) is 1.95. The number of nitrogens with one attached hydrogen (secondary N) is 1. The third-order valence-corrected chi connectivity index (χ3v) is 3.07. The van der Waals surface area contributed by atoms with Crippen molar-refractivity contribution in [1.82, 2.24) is 15.2 Å². The van der Waals surface area contributed by atoms with Gasteiger partial charge in [0, 0.05) is 32.4 Å². The zero-order valence-electron chi connectivity index (χ0n) is 10.4. The number of nitrogens with zero attached hydrogens (tertiary/aromatic N) is 2. The summed E-state index contributed by atoms with van der Waals surface area (Å²) in [5.41, 5.74) is 1.73. The van der Waals surface area contributed by atoms with E-state index in [-0.39, 0.29) is 5.91 Å². The Kier molecular flexibility index (Phi) is 3.74. The standard InChI is InChI=1S/C13H19N3O/c1-10(2)11-3-4-15-12(9-11)13(17)16-7-5-14-6-8-16/h3-4,9-10,14H,5-8H2,1-2H3. The molecular formula is C13H19N3O. The molecule has 0 aliphatic carbocycles. The van der Waals surface area contributed by atoms with Crippen LogP contribution in [0.2, 0.25) is 0 Å². The minimum atomic E-state index is 0.0500. The van der Waals surface area contributed by atoms with Crippen molar-refractivity contribution in [3.05, 3.63) is 29.6 Å². The summed E-state index contributed by atoms with van der Waals surface area (Å²) in [4.78, 5) is 18.3. The summed E-state index contributed by atoms with van der Waals surface area (Å²) in [6, 6.07) is 3.88. The predicted octanol–water partition coefficient (Wildman–Crippen LogP) is 1.25. The Morgan fingerprint density at radius 1 is 1.41 bits per heavy atom. The average molecular weight is 233 g/mol. The number of amides is 1. The van der Waals surface area contributed by atoms with E-state index < -0.39 is 0 Å². The van der Waals surface area contributed by atoms with E-state index in [0.29, 0.717) is 11.6 Å². The highest BCUT2D eigenvalue weighted by Gasteiger charge is 2.19. The van der Waals surface area contributed by atoms with E-state index in [4.69, 9.17) is 0 Å². The molecule has 17 heavy (non-hydrogen) atoms. The van der Waals surface area contributed by atoms with Gasteiger partial charge in [-0.25, -0.2) is 0 Å². The first kappa shape index (κ1) is 12.0. The third-order valence-electron chi connectivity index (χ3n) is 3.07. The van der Waals surface area contributed by atoms with E-state index in [1.54, 1.807) is 6.20 Å². The summed E-state index contributed by atoms with van der Waals surface area (Å²) in [6.07, 6.45) is 1.73. The van der Waals surface area contributed by atoms with Gasteiger partial charge in [0.15, 0.2) is 0 Å². The van der Waals surface area contributed by atoms with Crippen molar-refractivity contribution in [2.24, 2.45) is 0 Å². The molecule has 1 amide bonds. The molecule has 0 bridgehead atoms. The first-order valence-electron chi connectivity index (χ1n) is 6.14. The second-order valence-corrected chi connectivity index (χ2v) is 4.67. The van der Waals surface area contributed by atoms with Crippen LogP contribution >= 0.6 is 0 Å². The normalized spacial score (nSPS) is 16.3. The van der Waals surface area contributed by atoms with E-state index in [2.05, 4.69) is 24.1 Å². The van der Waals surface area contributed by atoms with Crippen LogP contribution < -0.4 is 5.32 Å². The summed E-state index contributed by atoms with van der Waals surface area (Å²) >= 11 is 0. The van der Waals surface area contributed by atoms with Crippen molar-refractivity contribution in [3.8, 4) is 0 Å². The maximum Gasteiger partial charge on any atom is 0.272 e. The largest absolute Gasteiger partial charge is 0.335 e. The quantitative estimate of drug-likeness (QED) is 0.836. The molecule has 1 aliphatic heterocycles. The Balaban J connectivity index is 2.15. The van der Waals surface area contributed by atoms with Crippen LogP contribution in [0.5, 0.6) is 0 Å². The van der Waals surface area contributed by atoms with Crippen molar-refractivity contribution in [3.63, 3.8) is 0 Å². The van der Waals surface area contributed by atoms with E-state index in [1.807, 2.05) is 17.0 Å². The number of rotatable bonds is 2. The number of aromatic nitrogens is 1. The Bertz CT molecular complexity index is 397. The van der Waals surface area contributed by atoms with Gasteiger partial charge in [-0.15, -0.1) is 0 Å². The molecule has 1 saturated heterocycles. The first-order valence-corrected chi connectivity index (χ1v) is 6.14. The van der Waals surface area contributed by atoms with Gasteiger partial charge in [0.2, 0.25) is 0 Å². The summed E-state index contributed by atoms with van der Waals surface area (Å²) in [5.74, 6) is 0.474. The Labute approximate surface area is 102 Å². The van der Waals surface area contributed by atoms with Crippen LogP contribution in [-0.2, 0) is 0 Å². The molecule has 1 aromatic heterocycles. The lowest BCUT2D eigenvalue weighted by molar-refractivity contribution is 0.0730. The highest BCUT2D eigenvalue weighted by atomic mass is 16.2. The van der Waals surface area contributed by atoms with Crippen LogP contribution in [0.4, 0.5) is 0 Å². The molecule has 4 heteroatoms. The highest BCUT2D eigenvalue weighted by molar-refractivity contribution is 5.92. The van der Waals surface area contributed by atoms with Gasteiger partial charge >= 0.3 is 0 Å². The molecule has 4 nitrogen and oxygen atoms in total. The SMILES string of the molecule is CC(C)c1ccnc(C(=O)N2CCNCC2)c1. The topological polar surface area (TPSA) is 45.2 Å². The van der Waals surface area contributed by atoms with Gasteiger partial charge in [0.25, 0.3) is 5.91 Å². The average Bonchev–Trinajstić information content (AvgIpc) is 2.39. The predicted molar refractivity (Wildman–Crippen MR) is 67.1 cm³/mol. The van der Waals surface area contributed by atoms with Gasteiger partial charge in [-0.05, 0) is 23.6 Å². The molecule has 92 valence electrons. The maximum atomic E-state index is 12.2. The number of hydrogen-bond acceptors (Lipinski definition) is 3. The lowest BCUT2D eigenvalue weighted by Crippen LogP contribution is -2.46. The lowest BCUT2D eigenvalue weighted by atomic mass is 10.0. The van der Waals surface area contributed by atoms with Crippen LogP contribution in [0.1, 0.15) is 35.8 Å². The van der Waals surface area contributed by atoms with E-state index in [9.17, 15) is 4.79 Å². The zero-order chi connectivity index (χ0) is 12.3. The van der Waals surface area contributed by atoms with Gasteiger partial charge in [-0.3, -0.25) is 9.78 Å². The van der Waals surface area contributed by atoms with Crippen LogP contribution in [0.15, 0.2) is 18.3 Å². The fourth-order valence-electron chi connectivity index (χ4n) is 1.95. The molecule has 1 fully saturated rings. The van der Waals surface area contributed by atoms with Crippen molar-refractivity contribution >= 4 is 5.91 Å². The van der Waals surface area contributed by atoms with Crippen molar-refractivity contribution in [2.75, 3.05) is 26.2 Å². The lowest BCUT2D eigenvalue weighted by Gasteiger charge is -2.27. The van der Waals surface area contributed by atoms with Crippen molar-refractivity contribution in [1.29, 1.82) is 0 Å². The van der Waals surface area contributed by atoms with Gasteiger partial charge in [-0.2, -0.15) is 0 Å². The van der Waals surface area contributed by atoms with Crippen LogP contribution in [0.25, 0.3) is 0 Å². The number of carbonyl (C=O) groups is 1. The van der Waals surface area contributed by atoms with Crippen LogP contribution in [0, 0.1) is 0 Å². The summed E-state index contributed by atoms with van der Waals surface area (Å²) in [6.45, 7) is 7.52. The molecule has 1 aliphatic rings. The molecule has 1 aromatic rings. The minimum Gasteiger partial charge on any atom is -0.335 e. The molecule has 0 saturated carbocycles. The molecular weight excluding hydrogens is 214 g/mol. The summed E-state index contributed by atoms with van der Waals surface area (Å²) in [5, 5.41) is 3.24. The first-order chi connectivity index (χ1) is 8.18. The van der Waals surface area contributed by atoms with Gasteiger partial charge < -0.3 is 10.2 Å². The van der Waals surface area contributed by atoms with E-state index >= 15 is 0 Å². The number of carbonyl (C=O) groups excluding carboxylic acids is 1. The van der Waals surface area contributed by atoms with Crippen LogP contribution in [0.3, 0.4) is 0 Å². The number of hydrogen-bond donors (Lipinski definition) is 1. The maximum absolute atomic E-state index is 12.2. The van der Waals surface area contributed by atoms with Crippen LogP contribution in [-0.4, -0.2) is 42.0 Å². The Morgan fingerprint density at radius 2 is 2.12 bits per heavy atom. The summed E-state index contributed by atoms with van der Waals surface area (Å²) < 4.78 is 0. The van der Waals surface area contributed by atoms with E-state index in [1.165, 1.54) is 5.56 Å². The molecule has 0 atom stereocenters. The number of pyridine rings is 1. The second kappa shape index (κ2) is 5.27. The molecule has 0 spiro atoms. The summed E-state index contributed by atoms with van der Waals surface area (Å²) in [7, 11) is 0. The molecule has 0 radical (unpaired) electrons. The molecule has 2 rings (SSSR count). The monoisotopic (exact) mass is 233 g/mol. The fraction of sp³-hybridized carbons (Fsp3) is 0.538. The molecule has 1 N–H and O–H groups in total. The Hall–Kier alpha value is -1.42. The van der Waals surface area contributed by atoms with Gasteiger partial charge in [0.1, 0.15) is 5.69 Å². The minimum absolute atomic E-state index is 0.0500. The van der Waals surface area contributed by atoms with Gasteiger partial charge in [-0.1, -0.05) is 13.8 Å². The molecule has 0 aromatic carbocycles. The Morgan fingerprint density at radius 3 is 2.76 bits per heavy atom. The smallest absolute Gasteiger partial charge is 0.272 e.